The standard InChI is InChI=1S/C14H19N3O2/c1-17(8-10-4-5-15-7-10)11-2-3-13-12(6-11)16-14(18)9-19-13/h2-3,6,10,15H,4-5,7-9H2,1H3,(H,16,18). The summed E-state index contributed by atoms with van der Waals surface area (Å²) in [6.45, 7) is 3.35. The fraction of sp³-hybridized carbons (Fsp3) is 0.500. The molecule has 5 heteroatoms. The van der Waals surface area contributed by atoms with Gasteiger partial charge in [0.05, 0.1) is 5.69 Å². The van der Waals surface area contributed by atoms with Gasteiger partial charge >= 0.3 is 0 Å². The number of rotatable bonds is 3. The van der Waals surface area contributed by atoms with Crippen LogP contribution < -0.4 is 20.3 Å². The van der Waals surface area contributed by atoms with E-state index in [0.717, 1.165) is 36.8 Å². The van der Waals surface area contributed by atoms with Crippen LogP contribution in [0.1, 0.15) is 6.42 Å². The summed E-state index contributed by atoms with van der Waals surface area (Å²) in [5, 5.41) is 6.23. The van der Waals surface area contributed by atoms with Crippen molar-refractivity contribution >= 4 is 17.3 Å². The van der Waals surface area contributed by atoms with Crippen LogP contribution in [0.25, 0.3) is 0 Å². The quantitative estimate of drug-likeness (QED) is 0.854. The third-order valence-corrected chi connectivity index (χ3v) is 3.73. The van der Waals surface area contributed by atoms with Gasteiger partial charge in [-0.3, -0.25) is 4.79 Å². The van der Waals surface area contributed by atoms with Crippen molar-refractivity contribution in [3.8, 4) is 5.75 Å². The molecule has 1 amide bonds. The molecule has 0 radical (unpaired) electrons. The molecule has 1 saturated heterocycles. The number of nitrogens with one attached hydrogen (secondary N) is 2. The molecular weight excluding hydrogens is 242 g/mol. The molecule has 1 unspecified atom stereocenters. The van der Waals surface area contributed by atoms with Crippen LogP contribution in [-0.2, 0) is 4.79 Å². The molecule has 0 aliphatic carbocycles. The number of anilines is 2. The van der Waals surface area contributed by atoms with Gasteiger partial charge in [0.1, 0.15) is 5.75 Å². The highest BCUT2D eigenvalue weighted by atomic mass is 16.5. The van der Waals surface area contributed by atoms with Crippen LogP contribution in [0.5, 0.6) is 5.75 Å². The highest BCUT2D eigenvalue weighted by molar-refractivity contribution is 5.96. The lowest BCUT2D eigenvalue weighted by atomic mass is 10.1. The van der Waals surface area contributed by atoms with Crippen molar-refractivity contribution in [3.05, 3.63) is 18.2 Å². The minimum absolute atomic E-state index is 0.0905. The van der Waals surface area contributed by atoms with Gasteiger partial charge in [0, 0.05) is 19.3 Å². The average Bonchev–Trinajstić information content (AvgIpc) is 2.90. The summed E-state index contributed by atoms with van der Waals surface area (Å²) in [5.41, 5.74) is 1.88. The molecule has 0 spiro atoms. The zero-order chi connectivity index (χ0) is 13.2. The summed E-state index contributed by atoms with van der Waals surface area (Å²) in [6.07, 6.45) is 1.23. The number of amides is 1. The summed E-state index contributed by atoms with van der Waals surface area (Å²) < 4.78 is 5.36. The highest BCUT2D eigenvalue weighted by Crippen LogP contribution is 2.31. The van der Waals surface area contributed by atoms with Crippen molar-refractivity contribution in [3.63, 3.8) is 0 Å². The number of carbonyl (C=O) groups excluding carboxylic acids is 1. The van der Waals surface area contributed by atoms with Gasteiger partial charge < -0.3 is 20.3 Å². The van der Waals surface area contributed by atoms with Gasteiger partial charge in [-0.25, -0.2) is 0 Å². The zero-order valence-electron chi connectivity index (χ0n) is 11.1. The predicted molar refractivity (Wildman–Crippen MR) is 74.8 cm³/mol. The van der Waals surface area contributed by atoms with Gasteiger partial charge in [-0.1, -0.05) is 0 Å². The van der Waals surface area contributed by atoms with Crippen LogP contribution in [0.2, 0.25) is 0 Å². The maximum atomic E-state index is 11.3. The Hall–Kier alpha value is -1.75. The van der Waals surface area contributed by atoms with E-state index in [1.165, 1.54) is 6.42 Å². The second kappa shape index (κ2) is 5.09. The van der Waals surface area contributed by atoms with E-state index in [1.54, 1.807) is 0 Å². The molecule has 2 heterocycles. The molecule has 1 aromatic rings. The Kier molecular flexibility index (Phi) is 3.29. The van der Waals surface area contributed by atoms with Crippen LogP contribution in [-0.4, -0.2) is 39.2 Å². The smallest absolute Gasteiger partial charge is 0.262 e. The third-order valence-electron chi connectivity index (χ3n) is 3.73. The largest absolute Gasteiger partial charge is 0.482 e. The van der Waals surface area contributed by atoms with Crippen molar-refractivity contribution in [2.45, 2.75) is 6.42 Å². The molecule has 0 saturated carbocycles. The number of ether oxygens (including phenoxy) is 1. The van der Waals surface area contributed by atoms with Gasteiger partial charge in [-0.2, -0.15) is 0 Å². The first-order valence-electron chi connectivity index (χ1n) is 6.71. The van der Waals surface area contributed by atoms with Gasteiger partial charge in [-0.05, 0) is 43.6 Å². The monoisotopic (exact) mass is 261 g/mol. The van der Waals surface area contributed by atoms with Crippen LogP contribution in [0, 0.1) is 5.92 Å². The molecular formula is C14H19N3O2. The Morgan fingerprint density at radius 1 is 1.47 bits per heavy atom. The molecule has 1 aromatic carbocycles. The second-order valence-electron chi connectivity index (χ2n) is 5.26. The van der Waals surface area contributed by atoms with E-state index in [-0.39, 0.29) is 12.5 Å². The second-order valence-corrected chi connectivity index (χ2v) is 5.26. The molecule has 2 aliphatic heterocycles. The minimum atomic E-state index is -0.0905. The van der Waals surface area contributed by atoms with Crippen LogP contribution >= 0.6 is 0 Å². The van der Waals surface area contributed by atoms with Gasteiger partial charge in [0.2, 0.25) is 0 Å². The van der Waals surface area contributed by atoms with Crippen LogP contribution in [0.3, 0.4) is 0 Å². The molecule has 0 bridgehead atoms. The topological polar surface area (TPSA) is 53.6 Å². The summed E-state index contributed by atoms with van der Waals surface area (Å²) in [7, 11) is 2.09. The molecule has 19 heavy (non-hydrogen) atoms. The number of hydrogen-bond donors (Lipinski definition) is 2. The molecule has 5 nitrogen and oxygen atoms in total. The number of fused-ring (bicyclic) bond motifs is 1. The van der Waals surface area contributed by atoms with Crippen LogP contribution in [0.4, 0.5) is 11.4 Å². The average molecular weight is 261 g/mol. The van der Waals surface area contributed by atoms with Gasteiger partial charge in [0.15, 0.2) is 6.61 Å². The van der Waals surface area contributed by atoms with E-state index in [4.69, 9.17) is 4.74 Å². The lowest BCUT2D eigenvalue weighted by Crippen LogP contribution is -2.28. The Labute approximate surface area is 112 Å². The summed E-state index contributed by atoms with van der Waals surface area (Å²) in [4.78, 5) is 13.6. The molecule has 2 N–H and O–H groups in total. The lowest BCUT2D eigenvalue weighted by Gasteiger charge is -2.25. The highest BCUT2D eigenvalue weighted by Gasteiger charge is 2.19. The van der Waals surface area contributed by atoms with E-state index in [2.05, 4.69) is 22.6 Å². The number of nitrogens with zero attached hydrogens (tertiary/aromatic N) is 1. The SMILES string of the molecule is CN(CC1CCNC1)c1ccc2c(c1)NC(=O)CO2. The summed E-state index contributed by atoms with van der Waals surface area (Å²) in [6, 6.07) is 5.95. The fourth-order valence-corrected chi connectivity index (χ4v) is 2.67. The maximum Gasteiger partial charge on any atom is 0.262 e. The Balaban J connectivity index is 1.73. The molecule has 1 atom stereocenters. The fourth-order valence-electron chi connectivity index (χ4n) is 2.67. The molecule has 0 aromatic heterocycles. The predicted octanol–water partition coefficient (Wildman–Crippen LogP) is 1.06. The van der Waals surface area contributed by atoms with Crippen molar-refractivity contribution in [2.75, 3.05) is 43.5 Å². The Bertz CT molecular complexity index is 484. The first kappa shape index (κ1) is 12.3. The van der Waals surface area contributed by atoms with Crippen molar-refractivity contribution in [1.82, 2.24) is 5.32 Å². The van der Waals surface area contributed by atoms with Crippen molar-refractivity contribution in [1.29, 1.82) is 0 Å². The number of benzene rings is 1. The van der Waals surface area contributed by atoms with Crippen molar-refractivity contribution < 1.29 is 9.53 Å². The Morgan fingerprint density at radius 2 is 2.37 bits per heavy atom. The minimum Gasteiger partial charge on any atom is -0.482 e. The van der Waals surface area contributed by atoms with E-state index in [0.29, 0.717) is 5.92 Å². The van der Waals surface area contributed by atoms with E-state index < -0.39 is 0 Å². The van der Waals surface area contributed by atoms with Crippen molar-refractivity contribution in [2.24, 2.45) is 5.92 Å². The number of hydrogen-bond acceptors (Lipinski definition) is 4. The van der Waals surface area contributed by atoms with Crippen LogP contribution in [0.15, 0.2) is 18.2 Å². The first-order valence-corrected chi connectivity index (χ1v) is 6.71. The lowest BCUT2D eigenvalue weighted by molar-refractivity contribution is -0.118. The molecule has 102 valence electrons. The summed E-state index contributed by atoms with van der Waals surface area (Å²) in [5.74, 6) is 1.36. The Morgan fingerprint density at radius 3 is 3.16 bits per heavy atom. The number of carbonyl (C=O) groups is 1. The zero-order valence-corrected chi connectivity index (χ0v) is 11.1. The van der Waals surface area contributed by atoms with E-state index >= 15 is 0 Å². The molecule has 3 rings (SSSR count). The van der Waals surface area contributed by atoms with E-state index in [1.807, 2.05) is 18.2 Å². The van der Waals surface area contributed by atoms with E-state index in [9.17, 15) is 4.79 Å². The van der Waals surface area contributed by atoms with Gasteiger partial charge in [-0.15, -0.1) is 0 Å². The maximum absolute atomic E-state index is 11.3. The third kappa shape index (κ3) is 2.66. The summed E-state index contributed by atoms with van der Waals surface area (Å²) >= 11 is 0. The normalized spacial score (nSPS) is 21.5. The molecule has 1 fully saturated rings. The first-order chi connectivity index (χ1) is 9.22. The molecule has 2 aliphatic rings. The van der Waals surface area contributed by atoms with Gasteiger partial charge in [0.25, 0.3) is 5.91 Å².